The number of hydrogen-bond donors (Lipinski definition) is 1. The number of ether oxygens (including phenoxy) is 3. The molecule has 0 bridgehead atoms. The molecule has 1 atom stereocenters. The largest absolute Gasteiger partial charge is 0.467 e. The van der Waals surface area contributed by atoms with E-state index in [1.807, 2.05) is 12.1 Å². The molecule has 0 aliphatic heterocycles. The van der Waals surface area contributed by atoms with E-state index in [4.69, 9.17) is 14.2 Å². The highest BCUT2D eigenvalue weighted by Gasteiger charge is 2.26. The molecule has 1 amide bonds. The fourth-order valence-corrected chi connectivity index (χ4v) is 3.58. The number of carbonyl (C=O) groups excluding carboxylic acids is 4. The minimum Gasteiger partial charge on any atom is -0.467 e. The van der Waals surface area contributed by atoms with Crippen LogP contribution in [0, 0.1) is 0 Å². The van der Waals surface area contributed by atoms with E-state index in [9.17, 15) is 19.2 Å². The van der Waals surface area contributed by atoms with Crippen LogP contribution in [0.2, 0.25) is 0 Å². The van der Waals surface area contributed by atoms with Crippen molar-refractivity contribution in [2.45, 2.75) is 38.8 Å². The van der Waals surface area contributed by atoms with Crippen LogP contribution in [-0.2, 0) is 25.4 Å². The van der Waals surface area contributed by atoms with E-state index in [1.165, 1.54) is 37.0 Å². The van der Waals surface area contributed by atoms with Crippen molar-refractivity contribution in [2.24, 2.45) is 0 Å². The maximum Gasteiger partial charge on any atom is 0.419 e. The Labute approximate surface area is 203 Å². The summed E-state index contributed by atoms with van der Waals surface area (Å²) in [5.41, 5.74) is 0.945. The minimum atomic E-state index is -1.05. The molecular formula is C26H28N2O7. The molecule has 1 heterocycles. The van der Waals surface area contributed by atoms with Crippen LogP contribution in [-0.4, -0.2) is 54.4 Å². The van der Waals surface area contributed by atoms with Gasteiger partial charge in [0.1, 0.15) is 11.6 Å². The number of aromatic nitrogens is 1. The van der Waals surface area contributed by atoms with Crippen LogP contribution >= 0.6 is 0 Å². The molecule has 0 saturated carbocycles. The van der Waals surface area contributed by atoms with Gasteiger partial charge in [0.2, 0.25) is 0 Å². The number of para-hydroxylation sites is 1. The molecule has 0 radical (unpaired) electrons. The van der Waals surface area contributed by atoms with Gasteiger partial charge in [0.15, 0.2) is 0 Å². The first kappa shape index (κ1) is 25.5. The summed E-state index contributed by atoms with van der Waals surface area (Å²) in [5.74, 6) is -1.81. The second-order valence-corrected chi connectivity index (χ2v) is 8.85. The first-order chi connectivity index (χ1) is 16.5. The molecule has 0 saturated heterocycles. The molecule has 0 fully saturated rings. The van der Waals surface area contributed by atoms with E-state index in [2.05, 4.69) is 5.32 Å². The van der Waals surface area contributed by atoms with Crippen LogP contribution in [0.1, 0.15) is 47.1 Å². The van der Waals surface area contributed by atoms with Gasteiger partial charge in [0.05, 0.1) is 25.3 Å². The summed E-state index contributed by atoms with van der Waals surface area (Å²) < 4.78 is 16.5. The van der Waals surface area contributed by atoms with E-state index >= 15 is 0 Å². The van der Waals surface area contributed by atoms with E-state index in [0.717, 1.165) is 5.39 Å². The van der Waals surface area contributed by atoms with Gasteiger partial charge in [-0.05, 0) is 50.6 Å². The predicted octanol–water partition coefficient (Wildman–Crippen LogP) is 3.73. The van der Waals surface area contributed by atoms with Crippen molar-refractivity contribution in [2.75, 3.05) is 14.2 Å². The van der Waals surface area contributed by atoms with Gasteiger partial charge >= 0.3 is 18.0 Å². The first-order valence-corrected chi connectivity index (χ1v) is 10.9. The third-order valence-electron chi connectivity index (χ3n) is 5.15. The molecule has 184 valence electrons. The van der Waals surface area contributed by atoms with Crippen molar-refractivity contribution in [3.8, 4) is 0 Å². The summed E-state index contributed by atoms with van der Waals surface area (Å²) in [6, 6.07) is 12.1. The van der Waals surface area contributed by atoms with Gasteiger partial charge in [-0.3, -0.25) is 9.36 Å². The topological polar surface area (TPSA) is 113 Å². The monoisotopic (exact) mass is 480 g/mol. The Morgan fingerprint density at radius 2 is 1.63 bits per heavy atom. The zero-order valence-corrected chi connectivity index (χ0v) is 20.3. The van der Waals surface area contributed by atoms with Crippen molar-refractivity contribution < 1.29 is 33.4 Å². The fourth-order valence-electron chi connectivity index (χ4n) is 3.58. The quantitative estimate of drug-likeness (QED) is 0.423. The summed E-state index contributed by atoms with van der Waals surface area (Å²) in [6.07, 6.45) is 1.10. The lowest BCUT2D eigenvalue weighted by Crippen LogP contribution is -2.43. The van der Waals surface area contributed by atoms with Crippen molar-refractivity contribution in [1.29, 1.82) is 0 Å². The summed E-state index contributed by atoms with van der Waals surface area (Å²) >= 11 is 0. The Morgan fingerprint density at radius 3 is 2.29 bits per heavy atom. The SMILES string of the molecule is COC(=O)c1cccc(C(=O)N[C@@H](Cc2cn(C(=O)OC(C)(C)C)c3ccccc23)C(=O)OC)c1. The van der Waals surface area contributed by atoms with Crippen molar-refractivity contribution in [1.82, 2.24) is 9.88 Å². The predicted molar refractivity (Wildman–Crippen MR) is 128 cm³/mol. The normalized spacial score (nSPS) is 12.0. The molecule has 0 unspecified atom stereocenters. The summed E-state index contributed by atoms with van der Waals surface area (Å²) in [6.45, 7) is 5.32. The molecule has 0 aliphatic rings. The van der Waals surface area contributed by atoms with Crippen LogP contribution in [0.15, 0.2) is 54.7 Å². The minimum absolute atomic E-state index is 0.0609. The Balaban J connectivity index is 1.91. The number of methoxy groups -OCH3 is 2. The number of hydrogen-bond acceptors (Lipinski definition) is 7. The summed E-state index contributed by atoms with van der Waals surface area (Å²) in [5, 5.41) is 3.40. The Kier molecular flexibility index (Phi) is 7.58. The Hall–Kier alpha value is -4.14. The molecule has 1 aromatic heterocycles. The number of nitrogens with one attached hydrogen (secondary N) is 1. The average molecular weight is 481 g/mol. The van der Waals surface area contributed by atoms with Gasteiger partial charge in [-0.1, -0.05) is 24.3 Å². The smallest absolute Gasteiger partial charge is 0.419 e. The molecule has 0 spiro atoms. The lowest BCUT2D eigenvalue weighted by Gasteiger charge is -2.19. The van der Waals surface area contributed by atoms with Gasteiger partial charge in [-0.2, -0.15) is 0 Å². The van der Waals surface area contributed by atoms with Crippen LogP contribution in [0.5, 0.6) is 0 Å². The highest BCUT2D eigenvalue weighted by Crippen LogP contribution is 2.24. The summed E-state index contributed by atoms with van der Waals surface area (Å²) in [7, 11) is 2.47. The van der Waals surface area contributed by atoms with Gasteiger partial charge in [0.25, 0.3) is 5.91 Å². The maximum atomic E-state index is 12.9. The van der Waals surface area contributed by atoms with Crippen molar-refractivity contribution in [3.63, 3.8) is 0 Å². The Bertz CT molecular complexity index is 1270. The van der Waals surface area contributed by atoms with Gasteiger partial charge in [-0.25, -0.2) is 14.4 Å². The van der Waals surface area contributed by atoms with Crippen LogP contribution in [0.4, 0.5) is 4.79 Å². The van der Waals surface area contributed by atoms with Crippen molar-refractivity contribution >= 4 is 34.8 Å². The lowest BCUT2D eigenvalue weighted by atomic mass is 10.0. The molecule has 1 N–H and O–H groups in total. The fraction of sp³-hybridized carbons (Fsp3) is 0.308. The zero-order chi connectivity index (χ0) is 25.8. The van der Waals surface area contributed by atoms with Gasteiger partial charge in [-0.15, -0.1) is 0 Å². The van der Waals surface area contributed by atoms with E-state index in [-0.39, 0.29) is 17.5 Å². The second-order valence-electron chi connectivity index (χ2n) is 8.85. The van der Waals surface area contributed by atoms with E-state index < -0.39 is 35.6 Å². The third kappa shape index (κ3) is 6.06. The van der Waals surface area contributed by atoms with E-state index in [1.54, 1.807) is 45.2 Å². The molecule has 9 heteroatoms. The summed E-state index contributed by atoms with van der Waals surface area (Å²) in [4.78, 5) is 50.1. The number of rotatable bonds is 6. The van der Waals surface area contributed by atoms with E-state index in [0.29, 0.717) is 11.1 Å². The highest BCUT2D eigenvalue weighted by molar-refractivity contribution is 6.00. The highest BCUT2D eigenvalue weighted by atomic mass is 16.6. The number of nitrogens with zero attached hydrogens (tertiary/aromatic N) is 1. The molecule has 35 heavy (non-hydrogen) atoms. The van der Waals surface area contributed by atoms with Crippen molar-refractivity contribution in [3.05, 3.63) is 71.4 Å². The number of esters is 2. The lowest BCUT2D eigenvalue weighted by molar-refractivity contribution is -0.142. The number of amides is 1. The number of carbonyl (C=O) groups is 4. The number of fused-ring (bicyclic) bond motifs is 1. The molecule has 9 nitrogen and oxygen atoms in total. The van der Waals surface area contributed by atoms with Crippen LogP contribution < -0.4 is 5.32 Å². The third-order valence-corrected chi connectivity index (χ3v) is 5.15. The molecular weight excluding hydrogens is 452 g/mol. The molecule has 0 aliphatic carbocycles. The number of benzene rings is 2. The maximum absolute atomic E-state index is 12.9. The molecule has 3 aromatic rings. The first-order valence-electron chi connectivity index (χ1n) is 10.9. The zero-order valence-electron chi connectivity index (χ0n) is 20.3. The van der Waals surface area contributed by atoms with Gasteiger partial charge in [0, 0.05) is 23.6 Å². The van der Waals surface area contributed by atoms with Crippen LogP contribution in [0.25, 0.3) is 10.9 Å². The second kappa shape index (κ2) is 10.4. The standard InChI is InChI=1S/C26H28N2O7/c1-26(2,3)35-25(32)28-15-18(19-11-6-7-12-21(19)28)14-20(24(31)34-5)27-22(29)16-9-8-10-17(13-16)23(30)33-4/h6-13,15,20H,14H2,1-5H3,(H,27,29)/t20-/m0/s1. The molecule has 2 aromatic carbocycles. The van der Waals surface area contributed by atoms with Gasteiger partial charge < -0.3 is 19.5 Å². The average Bonchev–Trinajstić information content (AvgIpc) is 3.20. The van der Waals surface area contributed by atoms with Crippen LogP contribution in [0.3, 0.4) is 0 Å². The Morgan fingerprint density at radius 1 is 0.943 bits per heavy atom. The molecule has 3 rings (SSSR count).